The van der Waals surface area contributed by atoms with E-state index in [-0.39, 0.29) is 36.9 Å². The number of aliphatic carboxylic acids is 1. The molecule has 1 fully saturated rings. The van der Waals surface area contributed by atoms with Crippen molar-refractivity contribution in [1.29, 1.82) is 0 Å². The molecule has 2 rings (SSSR count). The van der Waals surface area contributed by atoms with E-state index < -0.39 is 10.9 Å². The lowest BCUT2D eigenvalue weighted by atomic mass is 10.2. The quantitative estimate of drug-likeness (QED) is 0.573. The average molecular weight is 351 g/mol. The van der Waals surface area contributed by atoms with Crippen molar-refractivity contribution in [3.8, 4) is 5.75 Å². The van der Waals surface area contributed by atoms with E-state index in [2.05, 4.69) is 0 Å². The molecule has 0 bridgehead atoms. The Morgan fingerprint density at radius 3 is 2.56 bits per heavy atom. The van der Waals surface area contributed by atoms with Crippen LogP contribution in [0.2, 0.25) is 0 Å². The van der Waals surface area contributed by atoms with Gasteiger partial charge >= 0.3 is 11.7 Å². The maximum Gasteiger partial charge on any atom is 0.317 e. The number of aryl methyl sites for hydroxylation is 1. The van der Waals surface area contributed by atoms with Crippen molar-refractivity contribution in [1.82, 2.24) is 9.80 Å². The third-order valence-corrected chi connectivity index (χ3v) is 3.97. The second-order valence-electron chi connectivity index (χ2n) is 5.88. The molecule has 1 aromatic rings. The Hall–Kier alpha value is -2.68. The largest absolute Gasteiger partial charge is 0.486 e. The number of hydrogen-bond donors (Lipinski definition) is 1. The van der Waals surface area contributed by atoms with E-state index >= 15 is 0 Å². The predicted molar refractivity (Wildman–Crippen MR) is 88.6 cm³/mol. The van der Waals surface area contributed by atoms with Gasteiger partial charge in [0.05, 0.1) is 24.5 Å². The summed E-state index contributed by atoms with van der Waals surface area (Å²) in [6.45, 7) is 3.75. The van der Waals surface area contributed by atoms with Crippen molar-refractivity contribution in [2.24, 2.45) is 0 Å². The van der Waals surface area contributed by atoms with Crippen LogP contribution in [0.3, 0.4) is 0 Å². The van der Waals surface area contributed by atoms with Gasteiger partial charge in [0.2, 0.25) is 5.91 Å². The minimum atomic E-state index is -0.882. The molecular formula is C16H21N3O6. The fraction of sp³-hybridized carbons (Fsp3) is 0.500. The number of carbonyl (C=O) groups is 2. The normalized spacial score (nSPS) is 15.0. The van der Waals surface area contributed by atoms with Crippen molar-refractivity contribution in [2.45, 2.75) is 13.3 Å². The molecule has 1 aliphatic heterocycles. The van der Waals surface area contributed by atoms with Gasteiger partial charge in [-0.15, -0.1) is 0 Å². The third-order valence-electron chi connectivity index (χ3n) is 3.97. The Morgan fingerprint density at radius 1 is 1.28 bits per heavy atom. The van der Waals surface area contributed by atoms with Gasteiger partial charge in [-0.05, 0) is 18.6 Å². The van der Waals surface area contributed by atoms with E-state index in [1.54, 1.807) is 22.8 Å². The average Bonchev–Trinajstić information content (AvgIpc) is 2.56. The van der Waals surface area contributed by atoms with Crippen molar-refractivity contribution < 1.29 is 24.4 Å². The highest BCUT2D eigenvalue weighted by atomic mass is 16.6. The SMILES string of the molecule is Cc1ccc(OCCC(=O)N2CCN(CC(=O)O)CC2)c([N+](=O)[O-])c1. The molecular weight excluding hydrogens is 330 g/mol. The zero-order chi connectivity index (χ0) is 18.4. The van der Waals surface area contributed by atoms with Crippen LogP contribution in [-0.2, 0) is 9.59 Å². The van der Waals surface area contributed by atoms with Gasteiger partial charge in [-0.25, -0.2) is 0 Å². The zero-order valence-corrected chi connectivity index (χ0v) is 14.0. The van der Waals surface area contributed by atoms with Gasteiger partial charge in [0, 0.05) is 32.2 Å². The molecule has 1 amide bonds. The summed E-state index contributed by atoms with van der Waals surface area (Å²) in [5.74, 6) is -0.840. The molecule has 0 unspecified atom stereocenters. The standard InChI is InChI=1S/C16H21N3O6/c1-12-2-3-14(13(10-12)19(23)24)25-9-4-15(20)18-7-5-17(6-8-18)11-16(21)22/h2-3,10H,4-9,11H2,1H3,(H,21,22). The fourth-order valence-corrected chi connectivity index (χ4v) is 2.65. The van der Waals surface area contributed by atoms with Crippen LogP contribution in [0.25, 0.3) is 0 Å². The first kappa shape index (κ1) is 18.7. The minimum Gasteiger partial charge on any atom is -0.486 e. The van der Waals surface area contributed by atoms with Crippen LogP contribution in [0, 0.1) is 17.0 Å². The minimum absolute atomic E-state index is 0.0256. The van der Waals surface area contributed by atoms with Crippen LogP contribution < -0.4 is 4.74 Å². The van der Waals surface area contributed by atoms with Crippen molar-refractivity contribution in [3.05, 3.63) is 33.9 Å². The Kier molecular flexibility index (Phi) is 6.29. The number of nitrogens with zero attached hydrogens (tertiary/aromatic N) is 3. The highest BCUT2D eigenvalue weighted by Crippen LogP contribution is 2.27. The van der Waals surface area contributed by atoms with Crippen molar-refractivity contribution in [2.75, 3.05) is 39.3 Å². The number of ether oxygens (including phenoxy) is 1. The first-order valence-corrected chi connectivity index (χ1v) is 7.96. The van der Waals surface area contributed by atoms with Gasteiger partial charge in [-0.3, -0.25) is 24.6 Å². The predicted octanol–water partition coefficient (Wildman–Crippen LogP) is 0.901. The van der Waals surface area contributed by atoms with E-state index in [0.717, 1.165) is 5.56 Å². The van der Waals surface area contributed by atoms with Gasteiger partial charge in [0.1, 0.15) is 0 Å². The van der Waals surface area contributed by atoms with Crippen LogP contribution in [-0.4, -0.2) is 71.0 Å². The maximum absolute atomic E-state index is 12.2. The Balaban J connectivity index is 1.80. The second-order valence-corrected chi connectivity index (χ2v) is 5.88. The molecule has 1 aliphatic rings. The molecule has 0 radical (unpaired) electrons. The number of piperazine rings is 1. The summed E-state index contributed by atoms with van der Waals surface area (Å²) < 4.78 is 5.41. The van der Waals surface area contributed by atoms with Crippen LogP contribution in [0.4, 0.5) is 5.69 Å². The highest BCUT2D eigenvalue weighted by Gasteiger charge is 2.22. The van der Waals surface area contributed by atoms with Crippen molar-refractivity contribution in [3.63, 3.8) is 0 Å². The molecule has 25 heavy (non-hydrogen) atoms. The maximum atomic E-state index is 12.2. The number of rotatable bonds is 7. The number of carboxylic acid groups (broad SMARTS) is 1. The van der Waals surface area contributed by atoms with Crippen LogP contribution >= 0.6 is 0 Å². The first-order valence-electron chi connectivity index (χ1n) is 7.96. The summed E-state index contributed by atoms with van der Waals surface area (Å²) in [7, 11) is 0. The van der Waals surface area contributed by atoms with E-state index in [0.29, 0.717) is 26.2 Å². The summed E-state index contributed by atoms with van der Waals surface area (Å²) in [6, 6.07) is 4.67. The molecule has 0 spiro atoms. The summed E-state index contributed by atoms with van der Waals surface area (Å²) in [5.41, 5.74) is 0.643. The number of nitro benzene ring substituents is 1. The van der Waals surface area contributed by atoms with E-state index in [1.165, 1.54) is 12.1 Å². The van der Waals surface area contributed by atoms with Crippen LogP contribution in [0.5, 0.6) is 5.75 Å². The summed E-state index contributed by atoms with van der Waals surface area (Å²) >= 11 is 0. The highest BCUT2D eigenvalue weighted by molar-refractivity contribution is 5.76. The first-order chi connectivity index (χ1) is 11.9. The van der Waals surface area contributed by atoms with Crippen molar-refractivity contribution >= 4 is 17.6 Å². The van der Waals surface area contributed by atoms with Gasteiger partial charge in [-0.1, -0.05) is 6.07 Å². The molecule has 1 saturated heterocycles. The van der Waals surface area contributed by atoms with Crippen LogP contribution in [0.1, 0.15) is 12.0 Å². The number of amides is 1. The fourth-order valence-electron chi connectivity index (χ4n) is 2.65. The molecule has 1 heterocycles. The van der Waals surface area contributed by atoms with E-state index in [4.69, 9.17) is 9.84 Å². The number of benzene rings is 1. The van der Waals surface area contributed by atoms with Gasteiger partial charge < -0.3 is 14.7 Å². The molecule has 9 heteroatoms. The van der Waals surface area contributed by atoms with Gasteiger partial charge in [-0.2, -0.15) is 0 Å². The molecule has 0 aromatic heterocycles. The summed E-state index contributed by atoms with van der Waals surface area (Å²) in [5, 5.41) is 19.8. The number of hydrogen-bond acceptors (Lipinski definition) is 6. The number of carbonyl (C=O) groups excluding carboxylic acids is 1. The van der Waals surface area contributed by atoms with Crippen LogP contribution in [0.15, 0.2) is 18.2 Å². The molecule has 0 atom stereocenters. The second kappa shape index (κ2) is 8.43. The Labute approximate surface area is 144 Å². The Morgan fingerprint density at radius 2 is 1.96 bits per heavy atom. The van der Waals surface area contributed by atoms with E-state index in [1.807, 2.05) is 0 Å². The lowest BCUT2D eigenvalue weighted by molar-refractivity contribution is -0.385. The topological polar surface area (TPSA) is 113 Å². The molecule has 136 valence electrons. The summed E-state index contributed by atoms with van der Waals surface area (Å²) in [4.78, 5) is 36.8. The Bertz CT molecular complexity index is 655. The third kappa shape index (κ3) is 5.42. The van der Waals surface area contributed by atoms with E-state index in [9.17, 15) is 19.7 Å². The molecule has 0 aliphatic carbocycles. The smallest absolute Gasteiger partial charge is 0.317 e. The number of carboxylic acids is 1. The van der Waals surface area contributed by atoms with Gasteiger partial charge in [0.15, 0.2) is 5.75 Å². The van der Waals surface area contributed by atoms with Gasteiger partial charge in [0.25, 0.3) is 0 Å². The molecule has 0 saturated carbocycles. The lowest BCUT2D eigenvalue weighted by Gasteiger charge is -2.33. The summed E-state index contributed by atoms with van der Waals surface area (Å²) in [6.07, 6.45) is 0.115. The number of nitro groups is 1. The lowest BCUT2D eigenvalue weighted by Crippen LogP contribution is -2.50. The monoisotopic (exact) mass is 351 g/mol. The molecule has 9 nitrogen and oxygen atoms in total. The molecule has 1 N–H and O–H groups in total. The zero-order valence-electron chi connectivity index (χ0n) is 14.0. The molecule has 1 aromatic carbocycles.